The molecule has 0 spiro atoms. The maximum atomic E-state index is 11.9. The predicted molar refractivity (Wildman–Crippen MR) is 87.2 cm³/mol. The number of hydrogen-bond donors (Lipinski definition) is 1. The average molecular weight is 312 g/mol. The first-order valence-electron chi connectivity index (χ1n) is 7.74. The van der Waals surface area contributed by atoms with Gasteiger partial charge in [0.15, 0.2) is 0 Å². The molecule has 120 valence electrons. The van der Waals surface area contributed by atoms with Crippen LogP contribution >= 0.6 is 0 Å². The number of carbonyl (C=O) groups excluding carboxylic acids is 2. The summed E-state index contributed by atoms with van der Waals surface area (Å²) in [5.74, 6) is -0.752. The molecule has 0 unspecified atom stereocenters. The fourth-order valence-corrected chi connectivity index (χ4v) is 2.62. The zero-order valence-electron chi connectivity index (χ0n) is 13.1. The number of anilines is 1. The van der Waals surface area contributed by atoms with E-state index >= 15 is 0 Å². The highest BCUT2D eigenvalue weighted by molar-refractivity contribution is 5.89. The van der Waals surface area contributed by atoms with Gasteiger partial charge in [0.2, 0.25) is 5.91 Å². The van der Waals surface area contributed by atoms with Crippen LogP contribution in [0.4, 0.5) is 5.69 Å². The van der Waals surface area contributed by atoms with Crippen LogP contribution in [0.5, 0.6) is 0 Å². The van der Waals surface area contributed by atoms with Crippen LogP contribution in [0.15, 0.2) is 30.3 Å². The fraction of sp³-hybridized carbons (Fsp3) is 0.389. The Morgan fingerprint density at radius 3 is 2.61 bits per heavy atom. The normalized spacial score (nSPS) is 20.7. The van der Waals surface area contributed by atoms with Crippen molar-refractivity contribution < 1.29 is 14.3 Å². The molecular weight excluding hydrogens is 292 g/mol. The van der Waals surface area contributed by atoms with Gasteiger partial charge in [-0.05, 0) is 43.0 Å². The summed E-state index contributed by atoms with van der Waals surface area (Å²) in [7, 11) is 0. The second-order valence-corrected chi connectivity index (χ2v) is 5.63. The van der Waals surface area contributed by atoms with E-state index in [1.54, 1.807) is 30.3 Å². The van der Waals surface area contributed by atoms with Crippen LogP contribution < -0.4 is 5.32 Å². The monoisotopic (exact) mass is 312 g/mol. The molecule has 0 radical (unpaired) electrons. The highest BCUT2D eigenvalue weighted by atomic mass is 16.5. The van der Waals surface area contributed by atoms with Gasteiger partial charge < -0.3 is 10.1 Å². The summed E-state index contributed by atoms with van der Waals surface area (Å²) >= 11 is 0. The first-order chi connectivity index (χ1) is 11.1. The highest BCUT2D eigenvalue weighted by Crippen LogP contribution is 2.26. The van der Waals surface area contributed by atoms with E-state index in [1.807, 2.05) is 0 Å². The van der Waals surface area contributed by atoms with E-state index in [0.29, 0.717) is 5.69 Å². The minimum atomic E-state index is -0.428. The van der Waals surface area contributed by atoms with Gasteiger partial charge in [0.1, 0.15) is 6.10 Å². The summed E-state index contributed by atoms with van der Waals surface area (Å²) in [6, 6.07) is 9.34. The Morgan fingerprint density at radius 1 is 1.26 bits per heavy atom. The number of nitrogens with zero attached hydrogens (tertiary/aromatic N) is 1. The molecule has 1 aliphatic carbocycles. The Balaban J connectivity index is 1.90. The zero-order chi connectivity index (χ0) is 16.7. The average Bonchev–Trinajstić information content (AvgIpc) is 2.54. The summed E-state index contributed by atoms with van der Waals surface area (Å²) in [6.07, 6.45) is 6.28. The summed E-state index contributed by atoms with van der Waals surface area (Å²) in [5.41, 5.74) is 1.54. The Kier molecular flexibility index (Phi) is 5.93. The van der Waals surface area contributed by atoms with E-state index in [2.05, 4.69) is 11.4 Å². The zero-order valence-corrected chi connectivity index (χ0v) is 13.1. The van der Waals surface area contributed by atoms with E-state index in [-0.39, 0.29) is 17.9 Å². The standard InChI is InChI=1S/C18H20N2O3/c1-13(21)20-16-9-6-14(7-10-16)8-11-18(22)23-17-5-3-2-4-15(17)12-19/h6-11,15,17H,2-5H2,1H3,(H,20,21)/b11-8+/t15-,17-/m0/s1. The summed E-state index contributed by atoms with van der Waals surface area (Å²) < 4.78 is 5.39. The second-order valence-electron chi connectivity index (χ2n) is 5.63. The molecule has 1 fully saturated rings. The van der Waals surface area contributed by atoms with E-state index in [1.165, 1.54) is 13.0 Å². The molecule has 5 nitrogen and oxygen atoms in total. The van der Waals surface area contributed by atoms with Crippen LogP contribution in [0.3, 0.4) is 0 Å². The lowest BCUT2D eigenvalue weighted by Crippen LogP contribution is -2.28. The maximum Gasteiger partial charge on any atom is 0.331 e. The molecule has 23 heavy (non-hydrogen) atoms. The van der Waals surface area contributed by atoms with Crippen molar-refractivity contribution in [3.63, 3.8) is 0 Å². The van der Waals surface area contributed by atoms with Crippen molar-refractivity contribution in [1.29, 1.82) is 5.26 Å². The van der Waals surface area contributed by atoms with Gasteiger partial charge in [-0.15, -0.1) is 0 Å². The van der Waals surface area contributed by atoms with Crippen molar-refractivity contribution in [2.45, 2.75) is 38.7 Å². The van der Waals surface area contributed by atoms with Crippen LogP contribution in [-0.4, -0.2) is 18.0 Å². The molecule has 0 bridgehead atoms. The van der Waals surface area contributed by atoms with Gasteiger partial charge in [-0.25, -0.2) is 4.79 Å². The number of amides is 1. The van der Waals surface area contributed by atoms with E-state index in [9.17, 15) is 9.59 Å². The van der Waals surface area contributed by atoms with Crippen molar-refractivity contribution in [1.82, 2.24) is 0 Å². The molecule has 0 heterocycles. The third-order valence-electron chi connectivity index (χ3n) is 3.78. The number of benzene rings is 1. The van der Waals surface area contributed by atoms with Crippen LogP contribution in [0.1, 0.15) is 38.2 Å². The number of carbonyl (C=O) groups is 2. The first kappa shape index (κ1) is 16.8. The number of nitriles is 1. The van der Waals surface area contributed by atoms with Crippen molar-refractivity contribution >= 4 is 23.6 Å². The fourth-order valence-electron chi connectivity index (χ4n) is 2.62. The second kappa shape index (κ2) is 8.14. The van der Waals surface area contributed by atoms with Crippen LogP contribution in [-0.2, 0) is 14.3 Å². The molecule has 0 aliphatic heterocycles. The lowest BCUT2D eigenvalue weighted by molar-refractivity contribution is -0.146. The number of rotatable bonds is 4. The van der Waals surface area contributed by atoms with Crippen LogP contribution in [0.2, 0.25) is 0 Å². The molecule has 2 rings (SSSR count). The molecule has 2 atom stereocenters. The molecular formula is C18H20N2O3. The Hall–Kier alpha value is -2.61. The number of ether oxygens (including phenoxy) is 1. The quantitative estimate of drug-likeness (QED) is 0.683. The van der Waals surface area contributed by atoms with Crippen molar-refractivity contribution in [2.24, 2.45) is 5.92 Å². The van der Waals surface area contributed by atoms with Gasteiger partial charge >= 0.3 is 5.97 Å². The molecule has 1 amide bonds. The molecule has 1 saturated carbocycles. The van der Waals surface area contributed by atoms with Gasteiger partial charge in [0.25, 0.3) is 0 Å². The van der Waals surface area contributed by atoms with Crippen LogP contribution in [0.25, 0.3) is 6.08 Å². The Morgan fingerprint density at radius 2 is 1.96 bits per heavy atom. The molecule has 0 saturated heterocycles. The first-order valence-corrected chi connectivity index (χ1v) is 7.74. The Labute approximate surface area is 135 Å². The molecule has 1 aromatic carbocycles. The van der Waals surface area contributed by atoms with Gasteiger partial charge in [-0.3, -0.25) is 4.79 Å². The largest absolute Gasteiger partial charge is 0.458 e. The lowest BCUT2D eigenvalue weighted by Gasteiger charge is -2.25. The van der Waals surface area contributed by atoms with Gasteiger partial charge in [-0.2, -0.15) is 5.26 Å². The number of nitrogens with one attached hydrogen (secondary N) is 1. The Bertz CT molecular complexity index is 629. The third kappa shape index (κ3) is 5.26. The van der Waals surface area contributed by atoms with Crippen molar-refractivity contribution in [2.75, 3.05) is 5.32 Å². The van der Waals surface area contributed by atoms with Gasteiger partial charge in [0.05, 0.1) is 12.0 Å². The van der Waals surface area contributed by atoms with Gasteiger partial charge in [-0.1, -0.05) is 18.6 Å². The van der Waals surface area contributed by atoms with E-state index in [0.717, 1.165) is 31.2 Å². The summed E-state index contributed by atoms with van der Waals surface area (Å²) in [6.45, 7) is 1.45. The molecule has 5 heteroatoms. The predicted octanol–water partition coefficient (Wildman–Crippen LogP) is 3.28. The van der Waals surface area contributed by atoms with E-state index in [4.69, 9.17) is 10.00 Å². The van der Waals surface area contributed by atoms with Crippen molar-refractivity contribution in [3.05, 3.63) is 35.9 Å². The molecule has 1 aromatic rings. The topological polar surface area (TPSA) is 79.2 Å². The highest BCUT2D eigenvalue weighted by Gasteiger charge is 2.27. The molecule has 1 aliphatic rings. The minimum absolute atomic E-state index is 0.128. The number of hydrogen-bond acceptors (Lipinski definition) is 4. The molecule has 1 N–H and O–H groups in total. The maximum absolute atomic E-state index is 11.9. The van der Waals surface area contributed by atoms with Gasteiger partial charge in [0, 0.05) is 18.7 Å². The minimum Gasteiger partial charge on any atom is -0.458 e. The lowest BCUT2D eigenvalue weighted by atomic mass is 9.87. The third-order valence-corrected chi connectivity index (χ3v) is 3.78. The summed E-state index contributed by atoms with van der Waals surface area (Å²) in [4.78, 5) is 22.8. The number of esters is 1. The smallest absolute Gasteiger partial charge is 0.331 e. The van der Waals surface area contributed by atoms with Crippen LogP contribution in [0, 0.1) is 17.2 Å². The summed E-state index contributed by atoms with van der Waals surface area (Å²) in [5, 5.41) is 11.8. The van der Waals surface area contributed by atoms with Crippen molar-refractivity contribution in [3.8, 4) is 6.07 Å². The SMILES string of the molecule is CC(=O)Nc1ccc(/C=C/C(=O)O[C@H]2CCCC[C@H]2C#N)cc1. The molecule has 0 aromatic heterocycles. The van der Waals surface area contributed by atoms with E-state index < -0.39 is 5.97 Å².